The molecule has 0 aromatic rings. The van der Waals surface area contributed by atoms with Crippen molar-refractivity contribution in [3.8, 4) is 0 Å². The summed E-state index contributed by atoms with van der Waals surface area (Å²) in [6.07, 6.45) is 1.86. The molecule has 0 bridgehead atoms. The van der Waals surface area contributed by atoms with Gasteiger partial charge in [0.25, 0.3) is 0 Å². The molecule has 0 N–H and O–H groups in total. The second-order valence-electron chi connectivity index (χ2n) is 1.56. The second-order valence-corrected chi connectivity index (χ2v) is 2.56. The van der Waals surface area contributed by atoms with Gasteiger partial charge in [-0.1, -0.05) is 19.8 Å². The molecule has 0 aliphatic rings. The van der Waals surface area contributed by atoms with Crippen LogP contribution in [0, 0.1) is 0 Å². The Labute approximate surface area is 64.9 Å². The maximum absolute atomic E-state index is 9.53. The van der Waals surface area contributed by atoms with Crippen LogP contribution in [-0.4, -0.2) is 28.3 Å². The summed E-state index contributed by atoms with van der Waals surface area (Å²) >= 11 is 1.97. The molecule has 46 valence electrons. The van der Waals surface area contributed by atoms with Crippen molar-refractivity contribution in [1.82, 2.24) is 0 Å². The fourth-order valence-corrected chi connectivity index (χ4v) is 0.144. The van der Waals surface area contributed by atoms with Gasteiger partial charge in [-0.25, -0.2) is 0 Å². The second kappa shape index (κ2) is 15.6. The summed E-state index contributed by atoms with van der Waals surface area (Å²) in [7, 11) is 0. The maximum atomic E-state index is 9.53. The molecule has 0 atom stereocenters. The molecule has 0 fully saturated rings. The van der Waals surface area contributed by atoms with Crippen molar-refractivity contribution < 1.29 is 5.11 Å². The fraction of sp³-hybridized carbons (Fsp3) is 1.00. The van der Waals surface area contributed by atoms with Crippen LogP contribution in [-0.2, 0) is 0 Å². The van der Waals surface area contributed by atoms with Gasteiger partial charge >= 0.3 is 33.2 Å². The molecule has 0 aromatic carbocycles. The SMILES string of the molecule is CCCC[O-].C[CH2][Mg+]. The van der Waals surface area contributed by atoms with Gasteiger partial charge in [0, 0.05) is 0 Å². The summed E-state index contributed by atoms with van der Waals surface area (Å²) in [4.78, 5) is 0. The van der Waals surface area contributed by atoms with Crippen molar-refractivity contribution in [2.24, 2.45) is 0 Å². The molecule has 0 amide bonds. The van der Waals surface area contributed by atoms with Gasteiger partial charge in [-0.05, 0) is 0 Å². The summed E-state index contributed by atoms with van der Waals surface area (Å²) in [5.41, 5.74) is 0. The molecule has 0 unspecified atom stereocenters. The normalized spacial score (nSPS) is 7.62. The van der Waals surface area contributed by atoms with E-state index in [2.05, 4.69) is 6.92 Å². The molecule has 0 aliphatic carbocycles. The number of hydrogen-bond donors (Lipinski definition) is 0. The Morgan fingerprint density at radius 1 is 1.38 bits per heavy atom. The number of unbranched alkanes of at least 4 members (excludes halogenated alkanes) is 1. The first-order valence-electron chi connectivity index (χ1n) is 3.20. The van der Waals surface area contributed by atoms with Crippen molar-refractivity contribution in [3.63, 3.8) is 0 Å². The average Bonchev–Trinajstić information content (AvgIpc) is 1.71. The first kappa shape index (κ1) is 11.5. The molecular weight excluding hydrogens is 112 g/mol. The van der Waals surface area contributed by atoms with E-state index >= 15 is 0 Å². The summed E-state index contributed by atoms with van der Waals surface area (Å²) in [6, 6.07) is 0. The molecule has 0 aromatic heterocycles. The van der Waals surface area contributed by atoms with Gasteiger partial charge < -0.3 is 5.11 Å². The van der Waals surface area contributed by atoms with Crippen LogP contribution in [0.15, 0.2) is 0 Å². The molecule has 0 spiro atoms. The Morgan fingerprint density at radius 2 is 1.75 bits per heavy atom. The van der Waals surface area contributed by atoms with Gasteiger partial charge in [0.15, 0.2) is 0 Å². The number of hydrogen-bond acceptors (Lipinski definition) is 1. The predicted octanol–water partition coefficient (Wildman–Crippen LogP) is 0.740. The molecule has 0 saturated carbocycles. The zero-order valence-corrected chi connectivity index (χ0v) is 7.36. The van der Waals surface area contributed by atoms with E-state index in [1.54, 1.807) is 0 Å². The van der Waals surface area contributed by atoms with Crippen LogP contribution in [0.25, 0.3) is 0 Å². The van der Waals surface area contributed by atoms with Gasteiger partial charge in [-0.2, -0.15) is 0 Å². The molecule has 0 aliphatic heterocycles. The Hall–Kier alpha value is 0.726. The Kier molecular flexibility index (Phi) is 22.5. The van der Waals surface area contributed by atoms with Gasteiger partial charge in [-0.3, -0.25) is 0 Å². The summed E-state index contributed by atoms with van der Waals surface area (Å²) in [5.74, 6) is 0. The van der Waals surface area contributed by atoms with Crippen molar-refractivity contribution in [2.45, 2.75) is 31.2 Å². The predicted molar refractivity (Wildman–Crippen MR) is 36.0 cm³/mol. The molecule has 0 radical (unpaired) electrons. The fourth-order valence-electron chi connectivity index (χ4n) is 0.144. The van der Waals surface area contributed by atoms with Gasteiger partial charge in [0.05, 0.1) is 0 Å². The first-order valence-corrected chi connectivity index (χ1v) is 4.20. The van der Waals surface area contributed by atoms with Crippen LogP contribution in [0.3, 0.4) is 0 Å². The van der Waals surface area contributed by atoms with Crippen LogP contribution < -0.4 is 5.11 Å². The van der Waals surface area contributed by atoms with Gasteiger partial charge in [-0.15, -0.1) is 6.61 Å². The summed E-state index contributed by atoms with van der Waals surface area (Å²) < 4.78 is 1.28. The van der Waals surface area contributed by atoms with Crippen LogP contribution in [0.4, 0.5) is 0 Å². The van der Waals surface area contributed by atoms with Gasteiger partial charge in [0.1, 0.15) is 0 Å². The van der Waals surface area contributed by atoms with E-state index in [9.17, 15) is 5.11 Å². The first-order chi connectivity index (χ1) is 3.83. The van der Waals surface area contributed by atoms with E-state index in [0.717, 1.165) is 12.8 Å². The zero-order valence-electron chi connectivity index (χ0n) is 5.94. The third-order valence-corrected chi connectivity index (χ3v) is 0.498. The average molecular weight is 126 g/mol. The van der Waals surface area contributed by atoms with E-state index in [4.69, 9.17) is 0 Å². The third kappa shape index (κ3) is 29.7. The summed E-state index contributed by atoms with van der Waals surface area (Å²) in [5, 5.41) is 9.53. The van der Waals surface area contributed by atoms with Crippen LogP contribution in [0.2, 0.25) is 4.55 Å². The molecule has 0 saturated heterocycles. The van der Waals surface area contributed by atoms with Crippen molar-refractivity contribution in [2.75, 3.05) is 6.61 Å². The van der Waals surface area contributed by atoms with Gasteiger partial charge in [0.2, 0.25) is 0 Å². The Morgan fingerprint density at radius 3 is 1.75 bits per heavy atom. The topological polar surface area (TPSA) is 23.1 Å². The molecular formula is C6H14MgO. The monoisotopic (exact) mass is 126 g/mol. The molecule has 1 nitrogen and oxygen atoms in total. The quantitative estimate of drug-likeness (QED) is 0.501. The van der Waals surface area contributed by atoms with Crippen LogP contribution >= 0.6 is 0 Å². The molecule has 8 heavy (non-hydrogen) atoms. The standard InChI is InChI=1S/C4H9O.C2H5.Mg/c1-2-3-4-5;1-2;/h2-4H2,1H3;1H2,2H3;/q-1;;+1. The third-order valence-electron chi connectivity index (χ3n) is 0.498. The molecule has 0 heterocycles. The van der Waals surface area contributed by atoms with Crippen LogP contribution in [0.5, 0.6) is 0 Å². The molecule has 0 rings (SSSR count). The Bertz CT molecular complexity index is 22.5. The van der Waals surface area contributed by atoms with Crippen LogP contribution in [0.1, 0.15) is 26.7 Å². The van der Waals surface area contributed by atoms with E-state index in [0.29, 0.717) is 0 Å². The van der Waals surface area contributed by atoms with E-state index in [1.807, 2.05) is 28.6 Å². The number of rotatable bonds is 2. The Balaban J connectivity index is 0. The minimum atomic E-state index is 0.0938. The van der Waals surface area contributed by atoms with E-state index in [-0.39, 0.29) is 6.61 Å². The van der Waals surface area contributed by atoms with E-state index in [1.165, 1.54) is 4.55 Å². The zero-order chi connectivity index (χ0) is 6.83. The minimum absolute atomic E-state index is 0.0938. The van der Waals surface area contributed by atoms with E-state index < -0.39 is 0 Å². The van der Waals surface area contributed by atoms with Crippen molar-refractivity contribution >= 4 is 21.7 Å². The summed E-state index contributed by atoms with van der Waals surface area (Å²) in [6.45, 7) is 4.24. The van der Waals surface area contributed by atoms with Crippen molar-refractivity contribution in [3.05, 3.63) is 0 Å². The van der Waals surface area contributed by atoms with Crippen molar-refractivity contribution in [1.29, 1.82) is 0 Å². The molecule has 2 heteroatoms.